The lowest BCUT2D eigenvalue weighted by atomic mass is 10.0. The van der Waals surface area contributed by atoms with Crippen molar-refractivity contribution in [2.45, 2.75) is 12.6 Å². The first-order valence-corrected chi connectivity index (χ1v) is 12.8. The Kier molecular flexibility index (Phi) is 6.76. The van der Waals surface area contributed by atoms with Crippen LogP contribution in [0.25, 0.3) is 10.9 Å². The SMILES string of the molecule is COc1ccc2cc(C(c3nnnn3Cc3ccccc3)N3CCN(c4ccc(F)cc4)CC3)c(=O)[nH]c2c1. The molecule has 39 heavy (non-hydrogen) atoms. The van der Waals surface area contributed by atoms with E-state index in [1.54, 1.807) is 23.9 Å². The number of aromatic nitrogens is 5. The molecule has 0 spiro atoms. The van der Waals surface area contributed by atoms with Gasteiger partial charge in [-0.15, -0.1) is 5.10 Å². The monoisotopic (exact) mass is 525 g/mol. The molecule has 1 fully saturated rings. The number of anilines is 1. The van der Waals surface area contributed by atoms with Crippen molar-refractivity contribution in [3.8, 4) is 5.75 Å². The van der Waals surface area contributed by atoms with Gasteiger partial charge in [0.2, 0.25) is 0 Å². The number of pyridine rings is 1. The zero-order valence-electron chi connectivity index (χ0n) is 21.5. The summed E-state index contributed by atoms with van der Waals surface area (Å²) in [5.41, 5.74) is 3.11. The lowest BCUT2D eigenvalue weighted by Gasteiger charge is -2.39. The number of halogens is 1. The average molecular weight is 526 g/mol. The van der Waals surface area contributed by atoms with Gasteiger partial charge in [-0.2, -0.15) is 0 Å². The van der Waals surface area contributed by atoms with Crippen LogP contribution in [0.4, 0.5) is 10.1 Å². The maximum atomic E-state index is 13.6. The molecule has 1 unspecified atom stereocenters. The van der Waals surface area contributed by atoms with Crippen LogP contribution >= 0.6 is 0 Å². The van der Waals surface area contributed by atoms with E-state index in [1.165, 1.54) is 12.1 Å². The molecule has 198 valence electrons. The molecule has 1 aliphatic heterocycles. The molecule has 1 aliphatic rings. The second-order valence-electron chi connectivity index (χ2n) is 9.59. The minimum absolute atomic E-state index is 0.198. The van der Waals surface area contributed by atoms with Crippen molar-refractivity contribution in [2.24, 2.45) is 0 Å². The van der Waals surface area contributed by atoms with Crippen molar-refractivity contribution in [3.05, 3.63) is 112 Å². The zero-order chi connectivity index (χ0) is 26.8. The van der Waals surface area contributed by atoms with E-state index in [-0.39, 0.29) is 11.4 Å². The van der Waals surface area contributed by atoms with Crippen molar-refractivity contribution in [1.82, 2.24) is 30.1 Å². The van der Waals surface area contributed by atoms with Gasteiger partial charge in [-0.05, 0) is 63.8 Å². The third-order valence-electron chi connectivity index (χ3n) is 7.23. The van der Waals surface area contributed by atoms with Crippen molar-refractivity contribution >= 4 is 16.6 Å². The second-order valence-corrected chi connectivity index (χ2v) is 9.59. The fraction of sp³-hybridized carbons (Fsp3) is 0.241. The third-order valence-corrected chi connectivity index (χ3v) is 7.23. The molecule has 10 heteroatoms. The van der Waals surface area contributed by atoms with E-state index in [0.717, 1.165) is 16.6 Å². The topological polar surface area (TPSA) is 92.2 Å². The summed E-state index contributed by atoms with van der Waals surface area (Å²) in [6.07, 6.45) is 0. The van der Waals surface area contributed by atoms with Gasteiger partial charge in [0.25, 0.3) is 5.56 Å². The third kappa shape index (κ3) is 5.10. The van der Waals surface area contributed by atoms with E-state index in [2.05, 4.69) is 30.3 Å². The summed E-state index contributed by atoms with van der Waals surface area (Å²) in [7, 11) is 1.60. The van der Waals surface area contributed by atoms with Crippen LogP contribution in [0.1, 0.15) is 23.0 Å². The van der Waals surface area contributed by atoms with Crippen LogP contribution in [0.5, 0.6) is 5.75 Å². The average Bonchev–Trinajstić information content (AvgIpc) is 3.42. The molecule has 5 aromatic rings. The Bertz CT molecular complexity index is 1630. The van der Waals surface area contributed by atoms with Gasteiger partial charge in [-0.3, -0.25) is 9.69 Å². The van der Waals surface area contributed by atoms with Crippen LogP contribution in [0, 0.1) is 5.82 Å². The highest BCUT2D eigenvalue weighted by Crippen LogP contribution is 2.30. The summed E-state index contributed by atoms with van der Waals surface area (Å²) in [5, 5.41) is 13.6. The fourth-order valence-corrected chi connectivity index (χ4v) is 5.19. The number of H-pyrrole nitrogens is 1. The minimum Gasteiger partial charge on any atom is -0.497 e. The van der Waals surface area contributed by atoms with Gasteiger partial charge in [-0.25, -0.2) is 9.07 Å². The molecule has 0 saturated carbocycles. The lowest BCUT2D eigenvalue weighted by molar-refractivity contribution is 0.200. The molecule has 0 radical (unpaired) electrons. The number of tetrazole rings is 1. The number of fused-ring (bicyclic) bond motifs is 1. The number of hydrogen-bond donors (Lipinski definition) is 1. The Balaban J connectivity index is 1.38. The Morgan fingerprint density at radius 1 is 0.974 bits per heavy atom. The highest BCUT2D eigenvalue weighted by Gasteiger charge is 2.33. The van der Waals surface area contributed by atoms with Crippen LogP contribution in [0.2, 0.25) is 0 Å². The molecule has 0 aliphatic carbocycles. The number of nitrogens with one attached hydrogen (secondary N) is 1. The summed E-state index contributed by atoms with van der Waals surface area (Å²) in [4.78, 5) is 21.1. The van der Waals surface area contributed by atoms with Crippen molar-refractivity contribution in [3.63, 3.8) is 0 Å². The summed E-state index contributed by atoms with van der Waals surface area (Å²) in [6.45, 7) is 3.24. The molecule has 0 bridgehead atoms. The van der Waals surface area contributed by atoms with E-state index in [1.807, 2.05) is 54.6 Å². The molecular weight excluding hydrogens is 497 g/mol. The number of rotatable bonds is 7. The molecule has 2 aromatic heterocycles. The van der Waals surface area contributed by atoms with Gasteiger partial charge in [0, 0.05) is 43.5 Å². The number of ether oxygens (including phenoxy) is 1. The molecule has 3 heterocycles. The molecule has 0 amide bonds. The maximum Gasteiger partial charge on any atom is 0.253 e. The van der Waals surface area contributed by atoms with Gasteiger partial charge in [-0.1, -0.05) is 30.3 Å². The Labute approximate surface area is 224 Å². The van der Waals surface area contributed by atoms with E-state index >= 15 is 0 Å². The summed E-state index contributed by atoms with van der Waals surface area (Å²) in [6, 6.07) is 23.6. The Morgan fingerprint density at radius 3 is 2.49 bits per heavy atom. The van der Waals surface area contributed by atoms with Crippen LogP contribution in [-0.4, -0.2) is 63.4 Å². The van der Waals surface area contributed by atoms with Gasteiger partial charge in [0.15, 0.2) is 5.82 Å². The summed E-state index contributed by atoms with van der Waals surface area (Å²) in [5.74, 6) is 1.02. The second kappa shape index (κ2) is 10.7. The van der Waals surface area contributed by atoms with Gasteiger partial charge in [0.1, 0.15) is 17.6 Å². The lowest BCUT2D eigenvalue weighted by Crippen LogP contribution is -2.49. The number of hydrogen-bond acceptors (Lipinski definition) is 7. The number of nitrogens with zero attached hydrogens (tertiary/aromatic N) is 6. The molecule has 1 N–H and O–H groups in total. The van der Waals surface area contributed by atoms with Crippen LogP contribution in [0.15, 0.2) is 83.7 Å². The van der Waals surface area contributed by atoms with E-state index in [9.17, 15) is 9.18 Å². The van der Waals surface area contributed by atoms with Crippen molar-refractivity contribution in [1.29, 1.82) is 0 Å². The zero-order valence-corrected chi connectivity index (χ0v) is 21.5. The van der Waals surface area contributed by atoms with E-state index in [0.29, 0.717) is 55.4 Å². The largest absolute Gasteiger partial charge is 0.497 e. The molecule has 6 rings (SSSR count). The predicted molar refractivity (Wildman–Crippen MR) is 147 cm³/mol. The van der Waals surface area contributed by atoms with Gasteiger partial charge in [0.05, 0.1) is 19.2 Å². The quantitative estimate of drug-likeness (QED) is 0.347. The molecule has 1 atom stereocenters. The first-order valence-electron chi connectivity index (χ1n) is 12.8. The smallest absolute Gasteiger partial charge is 0.253 e. The molecule has 9 nitrogen and oxygen atoms in total. The first kappa shape index (κ1) is 24.7. The fourth-order valence-electron chi connectivity index (χ4n) is 5.19. The summed E-state index contributed by atoms with van der Waals surface area (Å²) < 4.78 is 20.6. The molecule has 3 aromatic carbocycles. The Morgan fingerprint density at radius 2 is 1.74 bits per heavy atom. The van der Waals surface area contributed by atoms with Crippen molar-refractivity contribution < 1.29 is 9.13 Å². The van der Waals surface area contributed by atoms with Crippen LogP contribution in [-0.2, 0) is 6.54 Å². The molecule has 1 saturated heterocycles. The van der Waals surface area contributed by atoms with E-state index in [4.69, 9.17) is 4.74 Å². The van der Waals surface area contributed by atoms with Crippen LogP contribution < -0.4 is 15.2 Å². The van der Waals surface area contributed by atoms with E-state index < -0.39 is 6.04 Å². The normalized spacial score (nSPS) is 15.0. The molecular formula is C29H28FN7O2. The minimum atomic E-state index is -0.464. The number of piperazine rings is 1. The van der Waals surface area contributed by atoms with Crippen molar-refractivity contribution in [2.75, 3.05) is 38.2 Å². The van der Waals surface area contributed by atoms with Gasteiger partial charge >= 0.3 is 0 Å². The number of aromatic amines is 1. The Hall–Kier alpha value is -4.57. The maximum absolute atomic E-state index is 13.6. The van der Waals surface area contributed by atoms with Gasteiger partial charge < -0.3 is 14.6 Å². The predicted octanol–water partition coefficient (Wildman–Crippen LogP) is 3.62. The van der Waals surface area contributed by atoms with Crippen LogP contribution in [0.3, 0.4) is 0 Å². The highest BCUT2D eigenvalue weighted by molar-refractivity contribution is 5.80. The highest BCUT2D eigenvalue weighted by atomic mass is 19.1. The number of methoxy groups -OCH3 is 1. The number of benzene rings is 3. The first-order chi connectivity index (χ1) is 19.1. The standard InChI is InChI=1S/C29H28FN7O2/c1-39-24-12-7-21-17-25(29(38)31-26(21)18-24)27(28-32-33-34-37(28)19-20-5-3-2-4-6-20)36-15-13-35(14-16-36)23-10-8-22(30)9-11-23/h2-12,17-18,27H,13-16,19H2,1H3,(H,31,38). The summed E-state index contributed by atoms with van der Waals surface area (Å²) >= 11 is 0.